The predicted molar refractivity (Wildman–Crippen MR) is 80.9 cm³/mol. The molecule has 2 aromatic heterocycles. The number of aromatic amines is 2. The van der Waals surface area contributed by atoms with Crippen molar-refractivity contribution in [3.05, 3.63) is 70.2 Å². The van der Waals surface area contributed by atoms with Crippen LogP contribution in [0.3, 0.4) is 0 Å². The zero-order valence-electron chi connectivity index (χ0n) is 12.0. The van der Waals surface area contributed by atoms with Crippen molar-refractivity contribution in [1.29, 1.82) is 0 Å². The van der Waals surface area contributed by atoms with Crippen molar-refractivity contribution in [2.75, 3.05) is 0 Å². The summed E-state index contributed by atoms with van der Waals surface area (Å²) in [5.74, 6) is 0.588. The van der Waals surface area contributed by atoms with Gasteiger partial charge in [-0.3, -0.25) is 19.8 Å². The Bertz CT molecular complexity index is 841. The monoisotopic (exact) mass is 297 g/mol. The third-order valence-electron chi connectivity index (χ3n) is 3.33. The van der Waals surface area contributed by atoms with Crippen LogP contribution in [0.15, 0.2) is 47.5 Å². The first kappa shape index (κ1) is 13.9. The highest BCUT2D eigenvalue weighted by Crippen LogP contribution is 2.11. The van der Waals surface area contributed by atoms with Crippen LogP contribution in [0.4, 0.5) is 0 Å². The lowest BCUT2D eigenvalue weighted by atomic mass is 10.2. The molecule has 0 bridgehead atoms. The van der Waals surface area contributed by atoms with Crippen LogP contribution in [0.25, 0.3) is 5.69 Å². The van der Waals surface area contributed by atoms with Crippen molar-refractivity contribution in [3.8, 4) is 5.69 Å². The number of nitrogens with one attached hydrogen (secondary N) is 3. The summed E-state index contributed by atoms with van der Waals surface area (Å²) in [5, 5.41) is 7.59. The van der Waals surface area contributed by atoms with E-state index in [9.17, 15) is 9.59 Å². The van der Waals surface area contributed by atoms with E-state index in [1.165, 1.54) is 6.07 Å². The van der Waals surface area contributed by atoms with Gasteiger partial charge in [0.15, 0.2) is 0 Å². The number of amides is 1. The Morgan fingerprint density at radius 1 is 1.27 bits per heavy atom. The van der Waals surface area contributed by atoms with E-state index in [0.717, 1.165) is 17.1 Å². The maximum atomic E-state index is 11.8. The van der Waals surface area contributed by atoms with Gasteiger partial charge in [-0.15, -0.1) is 0 Å². The summed E-state index contributed by atoms with van der Waals surface area (Å²) in [6.45, 7) is 2.32. The first-order chi connectivity index (χ1) is 10.6. The van der Waals surface area contributed by atoms with E-state index in [1.807, 2.05) is 42.0 Å². The Kier molecular flexibility index (Phi) is 3.61. The third-order valence-corrected chi connectivity index (χ3v) is 3.33. The van der Waals surface area contributed by atoms with E-state index in [4.69, 9.17) is 0 Å². The molecule has 2 heterocycles. The number of carbonyl (C=O) groups excluding carboxylic acids is 1. The Hall–Kier alpha value is -3.09. The molecule has 112 valence electrons. The second kappa shape index (κ2) is 5.72. The highest BCUT2D eigenvalue weighted by atomic mass is 16.2. The number of aromatic nitrogens is 4. The number of rotatable bonds is 4. The zero-order valence-corrected chi connectivity index (χ0v) is 12.0. The van der Waals surface area contributed by atoms with Crippen LogP contribution in [0, 0.1) is 6.92 Å². The van der Waals surface area contributed by atoms with Crippen molar-refractivity contribution < 1.29 is 4.79 Å². The van der Waals surface area contributed by atoms with Gasteiger partial charge >= 0.3 is 0 Å². The Labute approximate surface area is 126 Å². The molecule has 0 fully saturated rings. The largest absolute Gasteiger partial charge is 0.347 e. The summed E-state index contributed by atoms with van der Waals surface area (Å²) in [4.78, 5) is 27.0. The van der Waals surface area contributed by atoms with E-state index >= 15 is 0 Å². The van der Waals surface area contributed by atoms with Gasteiger partial charge in [0.05, 0.1) is 0 Å². The molecule has 7 heteroatoms. The molecule has 0 saturated carbocycles. The Morgan fingerprint density at radius 2 is 2.05 bits per heavy atom. The lowest BCUT2D eigenvalue weighted by Gasteiger charge is -2.07. The molecule has 0 radical (unpaired) electrons. The lowest BCUT2D eigenvalue weighted by Crippen LogP contribution is -2.23. The summed E-state index contributed by atoms with van der Waals surface area (Å²) in [7, 11) is 0. The minimum atomic E-state index is -0.329. The summed E-state index contributed by atoms with van der Waals surface area (Å²) in [6, 6.07) is 9.03. The van der Waals surface area contributed by atoms with Crippen molar-refractivity contribution in [3.63, 3.8) is 0 Å². The number of imidazole rings is 1. The van der Waals surface area contributed by atoms with Gasteiger partial charge in [0.1, 0.15) is 11.5 Å². The van der Waals surface area contributed by atoms with Gasteiger partial charge in [-0.2, -0.15) is 0 Å². The van der Waals surface area contributed by atoms with Gasteiger partial charge in [-0.1, -0.05) is 12.1 Å². The number of hydrogen-bond donors (Lipinski definition) is 3. The lowest BCUT2D eigenvalue weighted by molar-refractivity contribution is 0.0946. The average molecular weight is 297 g/mol. The van der Waals surface area contributed by atoms with Crippen LogP contribution in [-0.4, -0.2) is 25.7 Å². The number of hydrogen-bond acceptors (Lipinski definition) is 3. The van der Waals surface area contributed by atoms with Crippen molar-refractivity contribution >= 4 is 5.91 Å². The molecule has 0 aliphatic heterocycles. The second-order valence-electron chi connectivity index (χ2n) is 4.87. The van der Waals surface area contributed by atoms with Crippen LogP contribution < -0.4 is 10.9 Å². The summed E-state index contributed by atoms with van der Waals surface area (Å²) >= 11 is 0. The quantitative estimate of drug-likeness (QED) is 0.673. The van der Waals surface area contributed by atoms with Gasteiger partial charge < -0.3 is 9.88 Å². The van der Waals surface area contributed by atoms with Gasteiger partial charge in [-0.05, 0) is 24.6 Å². The molecule has 3 aromatic rings. The maximum absolute atomic E-state index is 11.8. The fourth-order valence-corrected chi connectivity index (χ4v) is 2.16. The number of aryl methyl sites for hydroxylation is 1. The highest BCUT2D eigenvalue weighted by molar-refractivity contribution is 5.91. The molecule has 0 unspecified atom stereocenters. The SMILES string of the molecule is Cc1nccn1-c1ccc(CNC(=O)c2cc(=O)[nH][nH]2)cc1. The highest BCUT2D eigenvalue weighted by Gasteiger charge is 2.07. The molecular formula is C15H15N5O2. The Morgan fingerprint density at radius 3 is 2.64 bits per heavy atom. The molecule has 0 aliphatic carbocycles. The van der Waals surface area contributed by atoms with Gasteiger partial charge in [0.2, 0.25) is 0 Å². The molecule has 7 nitrogen and oxygen atoms in total. The second-order valence-corrected chi connectivity index (χ2v) is 4.87. The van der Waals surface area contributed by atoms with Crippen LogP contribution in [0.2, 0.25) is 0 Å². The van der Waals surface area contributed by atoms with Crippen LogP contribution in [0.1, 0.15) is 21.9 Å². The molecule has 22 heavy (non-hydrogen) atoms. The number of benzene rings is 1. The van der Waals surface area contributed by atoms with Crippen LogP contribution in [-0.2, 0) is 6.54 Å². The number of carbonyl (C=O) groups is 1. The molecule has 1 amide bonds. The summed E-state index contributed by atoms with van der Waals surface area (Å²) in [6.07, 6.45) is 3.65. The summed E-state index contributed by atoms with van der Waals surface area (Å²) in [5.41, 5.74) is 1.87. The number of nitrogens with zero attached hydrogens (tertiary/aromatic N) is 2. The molecule has 3 rings (SSSR count). The van der Waals surface area contributed by atoms with Gasteiger partial charge in [0, 0.05) is 30.7 Å². The van der Waals surface area contributed by atoms with Crippen LogP contribution >= 0.6 is 0 Å². The Balaban J connectivity index is 1.65. The molecule has 1 aromatic carbocycles. The topological polar surface area (TPSA) is 95.6 Å². The normalized spacial score (nSPS) is 10.6. The minimum absolute atomic E-state index is 0.218. The molecule has 0 spiro atoms. The molecule has 0 aliphatic rings. The number of H-pyrrole nitrogens is 2. The maximum Gasteiger partial charge on any atom is 0.269 e. The predicted octanol–water partition coefficient (Wildman–Crippen LogP) is 1.13. The molecule has 0 atom stereocenters. The fourth-order valence-electron chi connectivity index (χ4n) is 2.16. The molecule has 3 N–H and O–H groups in total. The average Bonchev–Trinajstić information content (AvgIpc) is 3.14. The van der Waals surface area contributed by atoms with Gasteiger partial charge in [0.25, 0.3) is 11.5 Å². The summed E-state index contributed by atoms with van der Waals surface area (Å²) < 4.78 is 1.98. The van der Waals surface area contributed by atoms with E-state index < -0.39 is 0 Å². The third kappa shape index (κ3) is 2.83. The smallest absolute Gasteiger partial charge is 0.269 e. The van der Waals surface area contributed by atoms with Crippen molar-refractivity contribution in [1.82, 2.24) is 25.1 Å². The van der Waals surface area contributed by atoms with Crippen molar-refractivity contribution in [2.45, 2.75) is 13.5 Å². The first-order valence-corrected chi connectivity index (χ1v) is 6.78. The van der Waals surface area contributed by atoms with E-state index in [0.29, 0.717) is 6.54 Å². The standard InChI is InChI=1S/C15H15N5O2/c1-10-16-6-7-20(10)12-4-2-11(3-5-12)9-17-15(22)13-8-14(21)19-18-13/h2-8H,9H2,1H3,(H,17,22)(H2,18,19,21). The van der Waals surface area contributed by atoms with E-state index in [1.54, 1.807) is 6.20 Å². The van der Waals surface area contributed by atoms with E-state index in [-0.39, 0.29) is 17.2 Å². The molecular weight excluding hydrogens is 282 g/mol. The first-order valence-electron chi connectivity index (χ1n) is 6.78. The zero-order chi connectivity index (χ0) is 15.5. The van der Waals surface area contributed by atoms with Gasteiger partial charge in [-0.25, -0.2) is 4.98 Å². The molecule has 0 saturated heterocycles. The minimum Gasteiger partial charge on any atom is -0.347 e. The van der Waals surface area contributed by atoms with E-state index in [2.05, 4.69) is 20.5 Å². The van der Waals surface area contributed by atoms with Crippen LogP contribution in [0.5, 0.6) is 0 Å². The van der Waals surface area contributed by atoms with Crippen molar-refractivity contribution in [2.24, 2.45) is 0 Å². The fraction of sp³-hybridized carbons (Fsp3) is 0.133.